The Kier molecular flexibility index (Phi) is 5.31. The minimum atomic E-state index is -0.364. The second-order valence-electron chi connectivity index (χ2n) is 5.99. The normalized spacial score (nSPS) is 17.5. The highest BCUT2D eigenvalue weighted by molar-refractivity contribution is 7.12. The Morgan fingerprint density at radius 1 is 1.60 bits per heavy atom. The smallest absolute Gasteiger partial charge is 0.262 e. The number of thiazole rings is 1. The Labute approximate surface area is 150 Å². The van der Waals surface area contributed by atoms with Crippen LogP contribution in [0.15, 0.2) is 23.2 Å². The SMILES string of the molecule is Cc1cc(/C=C(\C#N)C(=O)NC[C@@H]2CCCO2)c(C)n1-c1nccs1. The molecule has 3 heterocycles. The summed E-state index contributed by atoms with van der Waals surface area (Å²) >= 11 is 1.54. The molecule has 3 rings (SSSR count). The number of hydrogen-bond acceptors (Lipinski definition) is 5. The average Bonchev–Trinajstić information content (AvgIpc) is 3.33. The summed E-state index contributed by atoms with van der Waals surface area (Å²) in [6.07, 6.45) is 5.41. The van der Waals surface area contributed by atoms with Crippen molar-refractivity contribution in [3.63, 3.8) is 0 Å². The molecule has 1 aliphatic heterocycles. The van der Waals surface area contributed by atoms with E-state index in [1.807, 2.05) is 35.9 Å². The van der Waals surface area contributed by atoms with Crippen LogP contribution in [0.2, 0.25) is 0 Å². The zero-order valence-electron chi connectivity index (χ0n) is 14.3. The molecule has 0 spiro atoms. The molecule has 25 heavy (non-hydrogen) atoms. The van der Waals surface area contributed by atoms with E-state index in [0.717, 1.165) is 41.5 Å². The Hall–Kier alpha value is -2.43. The van der Waals surface area contributed by atoms with Gasteiger partial charge < -0.3 is 10.1 Å². The van der Waals surface area contributed by atoms with E-state index in [4.69, 9.17) is 4.74 Å². The van der Waals surface area contributed by atoms with Crippen LogP contribution in [-0.4, -0.2) is 34.7 Å². The van der Waals surface area contributed by atoms with Crippen molar-refractivity contribution in [3.8, 4) is 11.2 Å². The van der Waals surface area contributed by atoms with Crippen LogP contribution in [0.4, 0.5) is 0 Å². The summed E-state index contributed by atoms with van der Waals surface area (Å²) in [5.74, 6) is -0.364. The minimum absolute atomic E-state index is 0.0545. The highest BCUT2D eigenvalue weighted by Gasteiger charge is 2.18. The average molecular weight is 356 g/mol. The number of ether oxygens (including phenoxy) is 1. The highest BCUT2D eigenvalue weighted by atomic mass is 32.1. The molecule has 6 nitrogen and oxygen atoms in total. The van der Waals surface area contributed by atoms with Gasteiger partial charge in [-0.05, 0) is 44.4 Å². The fraction of sp³-hybridized carbons (Fsp3) is 0.389. The minimum Gasteiger partial charge on any atom is -0.376 e. The fourth-order valence-corrected chi connectivity index (χ4v) is 3.72. The summed E-state index contributed by atoms with van der Waals surface area (Å²) in [6, 6.07) is 3.96. The van der Waals surface area contributed by atoms with Crippen LogP contribution in [0.3, 0.4) is 0 Å². The number of aromatic nitrogens is 2. The second-order valence-corrected chi connectivity index (χ2v) is 6.86. The number of carbonyl (C=O) groups is 1. The van der Waals surface area contributed by atoms with Crippen molar-refractivity contribution < 1.29 is 9.53 Å². The van der Waals surface area contributed by atoms with Gasteiger partial charge in [0.2, 0.25) is 0 Å². The van der Waals surface area contributed by atoms with Crippen molar-refractivity contribution in [2.75, 3.05) is 13.2 Å². The molecular weight excluding hydrogens is 336 g/mol. The number of carbonyl (C=O) groups excluding carboxylic acids is 1. The first kappa shape index (κ1) is 17.4. The Bertz CT molecular complexity index is 824. The second kappa shape index (κ2) is 7.64. The van der Waals surface area contributed by atoms with Gasteiger partial charge >= 0.3 is 0 Å². The third kappa shape index (κ3) is 3.81. The molecule has 1 saturated heterocycles. The van der Waals surface area contributed by atoms with Crippen LogP contribution in [0.25, 0.3) is 11.2 Å². The quantitative estimate of drug-likeness (QED) is 0.660. The van der Waals surface area contributed by atoms with E-state index >= 15 is 0 Å². The topological polar surface area (TPSA) is 79.9 Å². The molecule has 1 atom stereocenters. The molecule has 0 saturated carbocycles. The maximum Gasteiger partial charge on any atom is 0.262 e. The van der Waals surface area contributed by atoms with Gasteiger partial charge in [0.25, 0.3) is 5.91 Å². The number of amides is 1. The predicted octanol–water partition coefficient (Wildman–Crippen LogP) is 2.75. The molecule has 0 bridgehead atoms. The number of nitrogens with zero attached hydrogens (tertiary/aromatic N) is 3. The third-order valence-electron chi connectivity index (χ3n) is 4.26. The molecule has 2 aromatic rings. The van der Waals surface area contributed by atoms with E-state index in [1.165, 1.54) is 0 Å². The van der Waals surface area contributed by atoms with Gasteiger partial charge in [-0.25, -0.2) is 4.98 Å². The molecular formula is C18H20N4O2S. The lowest BCUT2D eigenvalue weighted by Crippen LogP contribution is -2.32. The standard InChI is InChI=1S/C18H20N4O2S/c1-12-8-14(13(2)22(12)18-20-5-7-25-18)9-15(10-19)17(23)21-11-16-4-3-6-24-16/h5,7-9,16H,3-4,6,11H2,1-2H3,(H,21,23)/b15-9+/t16-/m0/s1. The molecule has 1 N–H and O–H groups in total. The number of aryl methyl sites for hydroxylation is 1. The van der Waals surface area contributed by atoms with E-state index in [0.29, 0.717) is 6.54 Å². The van der Waals surface area contributed by atoms with Crippen molar-refractivity contribution in [2.45, 2.75) is 32.8 Å². The molecule has 1 aliphatic rings. The third-order valence-corrected chi connectivity index (χ3v) is 5.02. The van der Waals surface area contributed by atoms with Gasteiger partial charge in [0.05, 0.1) is 6.10 Å². The van der Waals surface area contributed by atoms with Crippen LogP contribution in [0.5, 0.6) is 0 Å². The zero-order valence-corrected chi connectivity index (χ0v) is 15.1. The first-order valence-electron chi connectivity index (χ1n) is 8.20. The summed E-state index contributed by atoms with van der Waals surface area (Å²) < 4.78 is 7.51. The molecule has 1 amide bonds. The largest absolute Gasteiger partial charge is 0.376 e. The number of nitriles is 1. The summed E-state index contributed by atoms with van der Waals surface area (Å²) in [6.45, 7) is 5.12. The van der Waals surface area contributed by atoms with Gasteiger partial charge in [-0.3, -0.25) is 9.36 Å². The van der Waals surface area contributed by atoms with Gasteiger partial charge in [-0.2, -0.15) is 5.26 Å². The van der Waals surface area contributed by atoms with E-state index in [1.54, 1.807) is 23.6 Å². The van der Waals surface area contributed by atoms with E-state index in [9.17, 15) is 10.1 Å². The first-order valence-corrected chi connectivity index (χ1v) is 9.08. The summed E-state index contributed by atoms with van der Waals surface area (Å²) in [5.41, 5.74) is 2.90. The molecule has 7 heteroatoms. The summed E-state index contributed by atoms with van der Waals surface area (Å²) in [4.78, 5) is 16.6. The molecule has 0 unspecified atom stereocenters. The molecule has 130 valence electrons. The van der Waals surface area contributed by atoms with E-state index < -0.39 is 0 Å². The monoisotopic (exact) mass is 356 g/mol. The number of nitrogens with one attached hydrogen (secondary N) is 1. The number of rotatable bonds is 5. The van der Waals surface area contributed by atoms with Crippen LogP contribution < -0.4 is 5.32 Å². The van der Waals surface area contributed by atoms with E-state index in [2.05, 4.69) is 10.3 Å². The summed E-state index contributed by atoms with van der Waals surface area (Å²) in [7, 11) is 0. The van der Waals surface area contributed by atoms with Crippen molar-refractivity contribution in [1.29, 1.82) is 5.26 Å². The van der Waals surface area contributed by atoms with Crippen molar-refractivity contribution in [2.24, 2.45) is 0 Å². The van der Waals surface area contributed by atoms with Gasteiger partial charge in [-0.15, -0.1) is 11.3 Å². The van der Waals surface area contributed by atoms with Crippen LogP contribution >= 0.6 is 11.3 Å². The van der Waals surface area contributed by atoms with Crippen LogP contribution in [-0.2, 0) is 9.53 Å². The van der Waals surface area contributed by atoms with Crippen molar-refractivity contribution in [1.82, 2.24) is 14.9 Å². The molecule has 0 aliphatic carbocycles. The lowest BCUT2D eigenvalue weighted by molar-refractivity contribution is -0.117. The lowest BCUT2D eigenvalue weighted by atomic mass is 10.1. The van der Waals surface area contributed by atoms with Gasteiger partial charge in [-0.1, -0.05) is 0 Å². The van der Waals surface area contributed by atoms with Crippen molar-refractivity contribution in [3.05, 3.63) is 40.2 Å². The van der Waals surface area contributed by atoms with Crippen molar-refractivity contribution >= 4 is 23.3 Å². The van der Waals surface area contributed by atoms with Gasteiger partial charge in [0.1, 0.15) is 11.6 Å². The Morgan fingerprint density at radius 2 is 2.44 bits per heavy atom. The summed E-state index contributed by atoms with van der Waals surface area (Å²) in [5, 5.41) is 15.0. The molecule has 0 radical (unpaired) electrons. The first-order chi connectivity index (χ1) is 12.1. The van der Waals surface area contributed by atoms with Gasteiger partial charge in [0.15, 0.2) is 5.13 Å². The zero-order chi connectivity index (χ0) is 17.8. The molecule has 2 aromatic heterocycles. The fourth-order valence-electron chi connectivity index (χ4n) is 2.97. The maximum atomic E-state index is 12.3. The maximum absolute atomic E-state index is 12.3. The Morgan fingerprint density at radius 3 is 3.08 bits per heavy atom. The highest BCUT2D eigenvalue weighted by Crippen LogP contribution is 2.24. The number of hydrogen-bond donors (Lipinski definition) is 1. The lowest BCUT2D eigenvalue weighted by Gasteiger charge is -2.10. The van der Waals surface area contributed by atoms with Crippen LogP contribution in [0.1, 0.15) is 29.8 Å². The van der Waals surface area contributed by atoms with Gasteiger partial charge in [0, 0.05) is 36.1 Å². The molecule has 1 fully saturated rings. The van der Waals surface area contributed by atoms with Crippen LogP contribution in [0, 0.1) is 25.2 Å². The van der Waals surface area contributed by atoms with E-state index in [-0.39, 0.29) is 17.6 Å². The molecule has 0 aromatic carbocycles. The Balaban J connectivity index is 1.79. The predicted molar refractivity (Wildman–Crippen MR) is 96.5 cm³/mol.